The highest BCUT2D eigenvalue weighted by Gasteiger charge is 2.59. The predicted octanol–water partition coefficient (Wildman–Crippen LogP) is 5.63. The Hall–Kier alpha value is -7.14. The van der Waals surface area contributed by atoms with Crippen molar-refractivity contribution in [2.45, 2.75) is 163 Å². The second-order valence-electron chi connectivity index (χ2n) is 21.3. The van der Waals surface area contributed by atoms with Gasteiger partial charge in [0, 0.05) is 0 Å². The summed E-state index contributed by atoms with van der Waals surface area (Å²) >= 11 is 0. The maximum atomic E-state index is 14.2. The lowest BCUT2D eigenvalue weighted by Gasteiger charge is -2.29. The summed E-state index contributed by atoms with van der Waals surface area (Å²) in [5, 5.41) is 77.9. The molecule has 10 N–H and O–H groups in total. The first kappa shape index (κ1) is 63.4. The molecule has 2 aliphatic heterocycles. The van der Waals surface area contributed by atoms with Gasteiger partial charge in [-0.25, -0.2) is 28.1 Å². The molecule has 4 aliphatic rings. The van der Waals surface area contributed by atoms with Crippen LogP contribution in [-0.2, 0) is 46.7 Å². The predicted molar refractivity (Wildman–Crippen MR) is 305 cm³/mol. The molecule has 2 aliphatic carbocycles. The van der Waals surface area contributed by atoms with E-state index in [1.807, 2.05) is 12.1 Å². The van der Waals surface area contributed by atoms with Crippen LogP contribution in [0.5, 0.6) is 11.5 Å². The van der Waals surface area contributed by atoms with Gasteiger partial charge in [-0.05, 0) is 113 Å². The Labute approximate surface area is 494 Å². The van der Waals surface area contributed by atoms with Crippen molar-refractivity contribution in [3.8, 4) is 23.6 Å². The van der Waals surface area contributed by atoms with Crippen LogP contribution in [0.1, 0.15) is 114 Å². The van der Waals surface area contributed by atoms with E-state index >= 15 is 0 Å². The normalized spacial score (nSPS) is 26.4. The first-order valence-electron chi connectivity index (χ1n) is 28.4. The number of hydrogen-bond acceptors (Lipinski definition) is 24. The fourth-order valence-corrected chi connectivity index (χ4v) is 13.8. The molecule has 0 bridgehead atoms. The molecule has 2 aromatic carbocycles. The van der Waals surface area contributed by atoms with Crippen molar-refractivity contribution in [3.05, 3.63) is 109 Å². The summed E-state index contributed by atoms with van der Waals surface area (Å²) in [5.41, 5.74) is 8.94. The number of nitrogens with two attached hydrogens (primary N) is 2. The van der Waals surface area contributed by atoms with Crippen molar-refractivity contribution in [2.24, 2.45) is 0 Å². The van der Waals surface area contributed by atoms with Gasteiger partial charge >= 0.3 is 27.4 Å². The minimum Gasteiger partial charge on any atom is -0.461 e. The first-order chi connectivity index (χ1) is 41.4. The van der Waals surface area contributed by atoms with Gasteiger partial charge in [0.1, 0.15) is 121 Å². The molecule has 0 spiro atoms. The molecule has 460 valence electrons. The number of carbonyl (C=O) groups excluding carboxylic acids is 2. The van der Waals surface area contributed by atoms with Gasteiger partial charge in [-0.1, -0.05) is 63.1 Å². The van der Waals surface area contributed by atoms with E-state index in [1.54, 1.807) is 98.8 Å². The average Bonchev–Trinajstić information content (AvgIpc) is 1.71. The summed E-state index contributed by atoms with van der Waals surface area (Å²) in [6.07, 6.45) is 2.26. The lowest BCUT2D eigenvalue weighted by molar-refractivity contribution is -0.153. The number of aliphatic hydroxyl groups is 4. The van der Waals surface area contributed by atoms with Crippen LogP contribution in [0, 0.1) is 22.7 Å². The molecule has 4 fully saturated rings. The van der Waals surface area contributed by atoms with Gasteiger partial charge in [-0.3, -0.25) is 18.6 Å². The van der Waals surface area contributed by atoms with Crippen molar-refractivity contribution in [2.75, 3.05) is 24.7 Å². The van der Waals surface area contributed by atoms with Crippen molar-refractivity contribution >= 4 is 50.1 Å². The van der Waals surface area contributed by atoms with Crippen LogP contribution in [0.4, 0.5) is 11.6 Å². The summed E-state index contributed by atoms with van der Waals surface area (Å²) in [7, 11) is -8.84. The van der Waals surface area contributed by atoms with Crippen molar-refractivity contribution < 1.29 is 76.2 Å². The smallest absolute Gasteiger partial charge is 0.459 e. The third-order valence-corrected chi connectivity index (χ3v) is 18.5. The quantitative estimate of drug-likeness (QED) is 0.0301. The number of fused-ring (bicyclic) bond motifs is 2. The molecular weight excluding hydrogens is 1160 g/mol. The van der Waals surface area contributed by atoms with Gasteiger partial charge in [-0.2, -0.15) is 30.9 Å². The second-order valence-corrected chi connectivity index (χ2v) is 24.7. The van der Waals surface area contributed by atoms with Crippen LogP contribution in [0.15, 0.2) is 97.6 Å². The number of aliphatic hydroxyl groups excluding tert-OH is 4. The molecule has 30 heteroatoms. The number of nitrogens with one attached hydrogen (secondary N) is 2. The van der Waals surface area contributed by atoms with E-state index in [0.29, 0.717) is 22.4 Å². The van der Waals surface area contributed by atoms with Crippen LogP contribution in [0.25, 0.3) is 11.0 Å². The van der Waals surface area contributed by atoms with E-state index in [2.05, 4.69) is 30.3 Å². The Balaban J connectivity index is 0.000000205. The van der Waals surface area contributed by atoms with Crippen LogP contribution in [0.2, 0.25) is 0 Å². The molecule has 2 saturated heterocycles. The standard InChI is InChI=1S/2C28H35N6O8P/c2*1-2-20(27(37)40-18-9-5-3-6-10-18)33-43(38,42-19-11-7-4-8-12-19)39-16-28(15-29)25(36)23(35)24(41-28)21-13-14-22-26(30)31-17-32-34(21)22/h2*4,7-8,11-14,17-18,20,23-25,35-36H,2-3,5-6,9-10,16H2,1H3,(H,33,38)(H2,30,31,32)/t20-,23-,24-,25-,28+,43+;20-,23-,24-,25-,28+,43-/m00/s1. The Kier molecular flexibility index (Phi) is 20.4. The monoisotopic (exact) mass is 1230 g/mol. The number of anilines is 2. The molecule has 10 rings (SSSR count). The fourth-order valence-electron chi connectivity index (χ4n) is 10.6. The van der Waals surface area contributed by atoms with E-state index < -0.39 is 101 Å². The highest BCUT2D eigenvalue weighted by molar-refractivity contribution is 7.52. The topological polar surface area (TPSA) is 407 Å². The molecule has 28 nitrogen and oxygen atoms in total. The highest BCUT2D eigenvalue weighted by Crippen LogP contribution is 2.51. The minimum atomic E-state index is -4.42. The van der Waals surface area contributed by atoms with Crippen LogP contribution >= 0.6 is 15.5 Å². The Morgan fingerprint density at radius 3 is 1.35 bits per heavy atom. The molecule has 2 saturated carbocycles. The van der Waals surface area contributed by atoms with Crippen molar-refractivity contribution in [1.82, 2.24) is 39.4 Å². The molecule has 0 radical (unpaired) electrons. The zero-order valence-corrected chi connectivity index (χ0v) is 49.0. The average molecular weight is 1230 g/mol. The fraction of sp³-hybridized carbons (Fsp3) is 0.500. The first-order valence-corrected chi connectivity index (χ1v) is 31.5. The lowest BCUT2D eigenvalue weighted by atomic mass is 9.96. The number of nitrogens with zero attached hydrogens (tertiary/aromatic N) is 8. The largest absolute Gasteiger partial charge is 0.461 e. The molecule has 0 amide bonds. The van der Waals surface area contributed by atoms with Gasteiger partial charge in [0.15, 0.2) is 11.6 Å². The highest BCUT2D eigenvalue weighted by atomic mass is 31.2. The lowest BCUT2D eigenvalue weighted by Crippen LogP contribution is -2.46. The van der Waals surface area contributed by atoms with Crippen LogP contribution in [-0.4, -0.2) is 135 Å². The Morgan fingerprint density at radius 1 is 0.628 bits per heavy atom. The number of nitriles is 2. The summed E-state index contributed by atoms with van der Waals surface area (Å²) in [6.45, 7) is 1.85. The Morgan fingerprint density at radius 2 is 1.00 bits per heavy atom. The maximum Gasteiger partial charge on any atom is 0.459 e. The number of nitrogen functional groups attached to an aromatic ring is 2. The number of rotatable bonds is 22. The van der Waals surface area contributed by atoms with Crippen LogP contribution < -0.4 is 30.7 Å². The number of benzene rings is 2. The van der Waals surface area contributed by atoms with E-state index in [1.165, 1.54) is 21.7 Å². The number of esters is 2. The van der Waals surface area contributed by atoms with Crippen molar-refractivity contribution in [1.29, 1.82) is 10.5 Å². The summed E-state index contributed by atoms with van der Waals surface area (Å²) < 4.78 is 77.2. The van der Waals surface area contributed by atoms with Gasteiger partial charge < -0.3 is 59.9 Å². The number of aromatic nitrogens is 6. The SMILES string of the molecule is CC[C@H](N[P@@](=O)(OC[C@@]1(C#N)O[C@@H](c2ccc3c(N)ncnn23)[C@H](O)[C@@H]1O)Oc1ccccc1)C(=O)OC1CCCCC1.CC[C@H](N[P@](=O)(OC[C@@]1(C#N)O[C@@H](c2ccc3c(N)ncnn23)[C@H](O)[C@@H]1O)Oc1ccccc1)C(=O)OC1CCCCC1. The Bertz CT molecular complexity index is 3250. The molecular formula is C56H70N12O16P2. The molecule has 6 aromatic rings. The molecule has 6 heterocycles. The summed E-state index contributed by atoms with van der Waals surface area (Å²) in [6, 6.07) is 24.3. The molecule has 12 atom stereocenters. The zero-order valence-electron chi connectivity index (χ0n) is 47.2. The number of carbonyl (C=O) groups is 2. The third kappa shape index (κ3) is 14.1. The zero-order chi connectivity index (χ0) is 61.2. The summed E-state index contributed by atoms with van der Waals surface area (Å²) in [4.78, 5) is 34.0. The number of ether oxygens (including phenoxy) is 4. The summed E-state index contributed by atoms with van der Waals surface area (Å²) in [5.74, 6) is -0.494. The van der Waals surface area contributed by atoms with Gasteiger partial charge in [0.05, 0.1) is 11.4 Å². The second kappa shape index (κ2) is 27.7. The van der Waals surface area contributed by atoms with Crippen LogP contribution in [0.3, 0.4) is 0 Å². The third-order valence-electron chi connectivity index (χ3n) is 15.4. The van der Waals surface area contributed by atoms with E-state index in [0.717, 1.165) is 64.2 Å². The minimum absolute atomic E-state index is 0.169. The van der Waals surface area contributed by atoms with E-state index in [-0.39, 0.29) is 48.2 Å². The number of para-hydroxylation sites is 2. The number of hydrogen-bond donors (Lipinski definition) is 8. The molecule has 86 heavy (non-hydrogen) atoms. The van der Waals surface area contributed by atoms with Gasteiger partial charge in [0.2, 0.25) is 11.2 Å². The van der Waals surface area contributed by atoms with E-state index in [9.17, 15) is 49.7 Å². The molecule has 4 aromatic heterocycles. The molecule has 0 unspecified atom stereocenters. The maximum absolute atomic E-state index is 14.2. The van der Waals surface area contributed by atoms with Gasteiger partial charge in [0.25, 0.3) is 0 Å². The van der Waals surface area contributed by atoms with Crippen molar-refractivity contribution in [3.63, 3.8) is 0 Å². The van der Waals surface area contributed by atoms with Gasteiger partial charge in [-0.15, -0.1) is 0 Å². The van der Waals surface area contributed by atoms with E-state index in [4.69, 9.17) is 48.5 Å².